The number of ether oxygens (including phenoxy) is 1. The molecule has 1 amide bonds. The van der Waals surface area contributed by atoms with Crippen molar-refractivity contribution in [2.24, 2.45) is 5.92 Å². The molecule has 0 aliphatic heterocycles. The van der Waals surface area contributed by atoms with Gasteiger partial charge in [-0.15, -0.1) is 11.3 Å². The fourth-order valence-electron chi connectivity index (χ4n) is 5.93. The summed E-state index contributed by atoms with van der Waals surface area (Å²) >= 11 is 1.44. The van der Waals surface area contributed by atoms with E-state index in [1.165, 1.54) is 34.9 Å². The largest absolute Gasteiger partial charge is 0.453 e. The predicted molar refractivity (Wildman–Crippen MR) is 199 cm³/mol. The fraction of sp³-hybridized carbons (Fsp3) is 0.359. The molecule has 4 N–H and O–H groups in total. The van der Waals surface area contributed by atoms with Gasteiger partial charge in [0.1, 0.15) is 0 Å². The maximum absolute atomic E-state index is 14.0. The van der Waals surface area contributed by atoms with E-state index in [0.29, 0.717) is 29.0 Å². The molecule has 3 aromatic carbocycles. The molecule has 11 heteroatoms. The highest BCUT2D eigenvalue weighted by atomic mass is 32.2. The molecular weight excluding hydrogens is 671 g/mol. The van der Waals surface area contributed by atoms with Gasteiger partial charge in [-0.25, -0.2) is 13.2 Å². The van der Waals surface area contributed by atoms with Crippen molar-refractivity contribution in [1.29, 1.82) is 0 Å². The quantitative estimate of drug-likeness (QED) is 0.0863. The minimum absolute atomic E-state index is 0.105. The van der Waals surface area contributed by atoms with E-state index in [-0.39, 0.29) is 35.9 Å². The van der Waals surface area contributed by atoms with E-state index in [9.17, 15) is 23.4 Å². The second-order valence-electron chi connectivity index (χ2n) is 12.6. The Morgan fingerprint density at radius 2 is 1.46 bits per heavy atom. The van der Waals surface area contributed by atoms with Crippen LogP contribution in [-0.4, -0.2) is 55.3 Å². The number of aliphatic hydroxyl groups excluding tert-OH is 2. The van der Waals surface area contributed by atoms with Gasteiger partial charge in [-0.05, 0) is 59.7 Å². The highest BCUT2D eigenvalue weighted by molar-refractivity contribution is 7.89. The van der Waals surface area contributed by atoms with Crippen LogP contribution in [0.2, 0.25) is 0 Å². The van der Waals surface area contributed by atoms with Gasteiger partial charge < -0.3 is 25.6 Å². The first kappa shape index (κ1) is 38.8. The van der Waals surface area contributed by atoms with E-state index in [1.54, 1.807) is 12.1 Å². The van der Waals surface area contributed by atoms with Crippen LogP contribution >= 0.6 is 11.3 Å². The molecule has 0 saturated heterocycles. The third-order valence-electron chi connectivity index (χ3n) is 8.73. The van der Waals surface area contributed by atoms with E-state index in [2.05, 4.69) is 17.2 Å². The first-order valence-corrected chi connectivity index (χ1v) is 19.1. The molecule has 4 rings (SSSR count). The molecular formula is C39H49N3O6S2. The SMILES string of the molecule is C=C(NC(CC)c1ccc(C(CO)N(CCC(C)C)S(=O)(=O)c2ccc(CO)cc2)s1)[C@@H](NC(=O)OC)C(c1ccccc1)c1ccccc1. The van der Waals surface area contributed by atoms with Gasteiger partial charge >= 0.3 is 6.09 Å². The number of aliphatic hydroxyl groups is 2. The van der Waals surface area contributed by atoms with Crippen LogP contribution in [0, 0.1) is 5.92 Å². The number of methoxy groups -OCH3 is 1. The van der Waals surface area contributed by atoms with Crippen LogP contribution in [0.5, 0.6) is 0 Å². The number of nitrogens with zero attached hydrogens (tertiary/aromatic N) is 1. The minimum Gasteiger partial charge on any atom is -0.453 e. The molecule has 1 aromatic heterocycles. The van der Waals surface area contributed by atoms with Crippen LogP contribution in [0.1, 0.15) is 78.1 Å². The number of hydrogen-bond acceptors (Lipinski definition) is 8. The number of benzene rings is 3. The fourth-order valence-corrected chi connectivity index (χ4v) is 8.86. The molecule has 0 bridgehead atoms. The Kier molecular flexibility index (Phi) is 14.2. The summed E-state index contributed by atoms with van der Waals surface area (Å²) in [6.45, 7) is 10.2. The maximum atomic E-state index is 14.0. The van der Waals surface area contributed by atoms with Crippen LogP contribution in [-0.2, 0) is 21.4 Å². The molecule has 0 aliphatic rings. The third-order valence-corrected chi connectivity index (χ3v) is 12.0. The Labute approximate surface area is 300 Å². The topological polar surface area (TPSA) is 128 Å². The number of rotatable bonds is 18. The molecule has 0 saturated carbocycles. The van der Waals surface area contributed by atoms with Gasteiger partial charge in [0.15, 0.2) is 0 Å². The summed E-state index contributed by atoms with van der Waals surface area (Å²) in [5, 5.41) is 26.8. The van der Waals surface area contributed by atoms with Crippen LogP contribution in [0.3, 0.4) is 0 Å². The number of thiophene rings is 1. The third kappa shape index (κ3) is 9.61. The van der Waals surface area contributed by atoms with Crippen LogP contribution in [0.15, 0.2) is 114 Å². The van der Waals surface area contributed by atoms with Crippen LogP contribution in [0.4, 0.5) is 4.79 Å². The van der Waals surface area contributed by atoms with Gasteiger partial charge in [-0.2, -0.15) is 4.31 Å². The van der Waals surface area contributed by atoms with Gasteiger partial charge in [0.25, 0.3) is 0 Å². The van der Waals surface area contributed by atoms with Crippen molar-refractivity contribution in [1.82, 2.24) is 14.9 Å². The standard InChI is InChI=1S/C39H49N3O6S2/c1-6-33(40-28(4)38(41-39(45)48-5)37(30-13-9-7-10-14-30)31-15-11-8-12-16-31)35-21-22-36(49-35)34(26-44)42(24-23-27(2)3)50(46,47)32-19-17-29(25-43)18-20-32/h7-22,27,33-34,37-38,40,43-44H,4,6,23-26H2,1-3,5H3,(H,41,45)/t33?,34?,38-/m1/s1. The summed E-state index contributed by atoms with van der Waals surface area (Å²) in [7, 11) is -2.66. The van der Waals surface area contributed by atoms with Crippen molar-refractivity contribution in [3.05, 3.63) is 136 Å². The first-order chi connectivity index (χ1) is 24.0. The van der Waals surface area contributed by atoms with Crippen molar-refractivity contribution in [3.8, 4) is 0 Å². The lowest BCUT2D eigenvalue weighted by atomic mass is 9.83. The molecule has 50 heavy (non-hydrogen) atoms. The lowest BCUT2D eigenvalue weighted by Crippen LogP contribution is -2.44. The van der Waals surface area contributed by atoms with Crippen molar-refractivity contribution in [3.63, 3.8) is 0 Å². The Hall–Kier alpha value is -4.00. The van der Waals surface area contributed by atoms with Crippen LogP contribution in [0.25, 0.3) is 0 Å². The Balaban J connectivity index is 1.66. The smallest absolute Gasteiger partial charge is 0.407 e. The molecule has 4 aromatic rings. The average molecular weight is 720 g/mol. The zero-order valence-electron chi connectivity index (χ0n) is 29.2. The summed E-state index contributed by atoms with van der Waals surface area (Å²) in [5.74, 6) is -0.0395. The van der Waals surface area contributed by atoms with Crippen molar-refractivity contribution in [2.75, 3.05) is 20.3 Å². The molecule has 0 aliphatic carbocycles. The van der Waals surface area contributed by atoms with Crippen molar-refractivity contribution < 1.29 is 28.2 Å². The maximum Gasteiger partial charge on any atom is 0.407 e. The number of alkyl carbamates (subject to hydrolysis) is 1. The second-order valence-corrected chi connectivity index (χ2v) is 15.6. The van der Waals surface area contributed by atoms with Gasteiger partial charge in [0.2, 0.25) is 10.0 Å². The number of sulfonamides is 1. The van der Waals surface area contributed by atoms with Crippen molar-refractivity contribution >= 4 is 27.5 Å². The number of carbonyl (C=O) groups excluding carboxylic acids is 1. The van der Waals surface area contributed by atoms with E-state index in [4.69, 9.17) is 4.74 Å². The number of carbonyl (C=O) groups is 1. The summed E-state index contributed by atoms with van der Waals surface area (Å²) < 4.78 is 34.5. The molecule has 0 spiro atoms. The number of hydrogen-bond donors (Lipinski definition) is 4. The summed E-state index contributed by atoms with van der Waals surface area (Å²) in [6.07, 6.45) is 0.697. The summed E-state index contributed by atoms with van der Waals surface area (Å²) in [6, 6.07) is 28.3. The highest BCUT2D eigenvalue weighted by Gasteiger charge is 2.34. The minimum atomic E-state index is -3.99. The summed E-state index contributed by atoms with van der Waals surface area (Å²) in [5.41, 5.74) is 3.19. The van der Waals surface area contributed by atoms with Gasteiger partial charge in [-0.3, -0.25) is 0 Å². The molecule has 3 atom stereocenters. The Bertz CT molecular complexity index is 1720. The van der Waals surface area contributed by atoms with Gasteiger partial charge in [0.05, 0.1) is 43.3 Å². The van der Waals surface area contributed by atoms with Gasteiger partial charge in [-0.1, -0.05) is 100 Å². The van der Waals surface area contributed by atoms with Gasteiger partial charge in [0, 0.05) is 27.9 Å². The predicted octanol–water partition coefficient (Wildman–Crippen LogP) is 7.12. The molecule has 2 unspecified atom stereocenters. The van der Waals surface area contributed by atoms with Crippen LogP contribution < -0.4 is 10.6 Å². The average Bonchev–Trinajstić information content (AvgIpc) is 3.62. The molecule has 9 nitrogen and oxygen atoms in total. The number of amides is 1. The molecule has 0 radical (unpaired) electrons. The molecule has 0 fully saturated rings. The lowest BCUT2D eigenvalue weighted by molar-refractivity contribution is 0.166. The normalized spacial score (nSPS) is 13.6. The second kappa shape index (κ2) is 18.3. The van der Waals surface area contributed by atoms with Crippen molar-refractivity contribution in [2.45, 2.75) is 69.2 Å². The monoisotopic (exact) mass is 719 g/mol. The number of nitrogens with one attached hydrogen (secondary N) is 2. The lowest BCUT2D eigenvalue weighted by Gasteiger charge is -2.32. The van der Waals surface area contributed by atoms with E-state index in [0.717, 1.165) is 16.0 Å². The first-order valence-electron chi connectivity index (χ1n) is 16.9. The summed E-state index contributed by atoms with van der Waals surface area (Å²) in [4.78, 5) is 14.5. The zero-order chi connectivity index (χ0) is 36.3. The van der Waals surface area contributed by atoms with E-state index >= 15 is 0 Å². The van der Waals surface area contributed by atoms with E-state index in [1.807, 2.05) is 93.6 Å². The molecule has 268 valence electrons. The Morgan fingerprint density at radius 3 is 1.96 bits per heavy atom. The molecule has 1 heterocycles. The van der Waals surface area contributed by atoms with E-state index < -0.39 is 34.8 Å². The zero-order valence-corrected chi connectivity index (χ0v) is 30.8. The highest BCUT2D eigenvalue weighted by Crippen LogP contribution is 2.37. The Morgan fingerprint density at radius 1 is 0.880 bits per heavy atom.